The third-order valence-corrected chi connectivity index (χ3v) is 3.76. The predicted molar refractivity (Wildman–Crippen MR) is 72.2 cm³/mol. The third-order valence-electron chi connectivity index (χ3n) is 3.76. The monoisotopic (exact) mass is 264 g/mol. The molecule has 1 aromatic heterocycles. The predicted octanol–water partition coefficient (Wildman–Crippen LogP) is 1.06. The zero-order chi connectivity index (χ0) is 14.0. The van der Waals surface area contributed by atoms with Crippen molar-refractivity contribution in [2.75, 3.05) is 13.6 Å². The van der Waals surface area contributed by atoms with E-state index in [9.17, 15) is 14.7 Å². The summed E-state index contributed by atoms with van der Waals surface area (Å²) in [5, 5.41) is 10.3. The minimum atomic E-state index is -0.750. The van der Waals surface area contributed by atoms with Gasteiger partial charge in [-0.2, -0.15) is 0 Å². The SMILES string of the molecule is Cc1[nH]c(=O)ccc1C(=O)N(C)CC1(O)CCCC1. The molecule has 1 amide bonds. The molecule has 0 bridgehead atoms. The van der Waals surface area contributed by atoms with E-state index in [0.717, 1.165) is 25.7 Å². The Morgan fingerprint density at radius 3 is 2.63 bits per heavy atom. The number of nitrogens with zero attached hydrogens (tertiary/aromatic N) is 1. The molecule has 1 heterocycles. The van der Waals surface area contributed by atoms with Gasteiger partial charge in [-0.1, -0.05) is 12.8 Å². The Bertz CT molecular complexity index is 530. The summed E-state index contributed by atoms with van der Waals surface area (Å²) in [6.07, 6.45) is 3.51. The Labute approximate surface area is 112 Å². The maximum absolute atomic E-state index is 12.3. The standard InChI is InChI=1S/C14H20N2O3/c1-10-11(5-6-12(17)15-10)13(18)16(2)9-14(19)7-3-4-8-14/h5-6,19H,3-4,7-9H2,1-2H3,(H,15,17). The van der Waals surface area contributed by atoms with Gasteiger partial charge in [0.15, 0.2) is 0 Å². The Morgan fingerprint density at radius 1 is 1.42 bits per heavy atom. The molecule has 5 heteroatoms. The Balaban J connectivity index is 2.12. The zero-order valence-corrected chi connectivity index (χ0v) is 11.4. The lowest BCUT2D eigenvalue weighted by molar-refractivity contribution is 0.0156. The van der Waals surface area contributed by atoms with Crippen LogP contribution in [-0.4, -0.2) is 40.1 Å². The number of rotatable bonds is 3. The van der Waals surface area contributed by atoms with Crippen LogP contribution in [0, 0.1) is 6.92 Å². The smallest absolute Gasteiger partial charge is 0.255 e. The summed E-state index contributed by atoms with van der Waals surface area (Å²) in [5.74, 6) is -0.172. The number of carbonyl (C=O) groups is 1. The first kappa shape index (κ1) is 13.8. The highest BCUT2D eigenvalue weighted by atomic mass is 16.3. The normalized spacial score (nSPS) is 17.4. The van der Waals surface area contributed by atoms with Crippen LogP contribution in [0.4, 0.5) is 0 Å². The van der Waals surface area contributed by atoms with Crippen molar-refractivity contribution in [1.82, 2.24) is 9.88 Å². The van der Waals surface area contributed by atoms with E-state index in [0.29, 0.717) is 17.8 Å². The van der Waals surface area contributed by atoms with Gasteiger partial charge in [-0.15, -0.1) is 0 Å². The fraction of sp³-hybridized carbons (Fsp3) is 0.571. The Hall–Kier alpha value is -1.62. The van der Waals surface area contributed by atoms with E-state index < -0.39 is 5.60 Å². The number of hydrogen-bond donors (Lipinski definition) is 2. The second kappa shape index (κ2) is 5.17. The number of aliphatic hydroxyl groups is 1. The van der Waals surface area contributed by atoms with Gasteiger partial charge < -0.3 is 15.0 Å². The van der Waals surface area contributed by atoms with Crippen LogP contribution in [0.15, 0.2) is 16.9 Å². The van der Waals surface area contributed by atoms with Crippen LogP contribution >= 0.6 is 0 Å². The van der Waals surface area contributed by atoms with Gasteiger partial charge in [-0.25, -0.2) is 0 Å². The molecule has 2 rings (SSSR count). The van der Waals surface area contributed by atoms with E-state index in [1.54, 1.807) is 14.0 Å². The largest absolute Gasteiger partial charge is 0.388 e. The van der Waals surface area contributed by atoms with Crippen molar-refractivity contribution in [3.63, 3.8) is 0 Å². The molecule has 104 valence electrons. The molecule has 0 radical (unpaired) electrons. The highest BCUT2D eigenvalue weighted by Gasteiger charge is 2.33. The Morgan fingerprint density at radius 2 is 2.05 bits per heavy atom. The van der Waals surface area contributed by atoms with Crippen molar-refractivity contribution < 1.29 is 9.90 Å². The summed E-state index contributed by atoms with van der Waals surface area (Å²) < 4.78 is 0. The number of H-pyrrole nitrogens is 1. The lowest BCUT2D eigenvalue weighted by Gasteiger charge is -2.28. The van der Waals surface area contributed by atoms with E-state index in [-0.39, 0.29) is 11.5 Å². The van der Waals surface area contributed by atoms with Crippen molar-refractivity contribution in [3.8, 4) is 0 Å². The minimum absolute atomic E-state index is 0.172. The molecule has 1 aliphatic rings. The second-order valence-corrected chi connectivity index (χ2v) is 5.45. The van der Waals surface area contributed by atoms with Gasteiger partial charge in [0.2, 0.25) is 5.56 Å². The summed E-state index contributed by atoms with van der Waals surface area (Å²) in [6.45, 7) is 2.04. The summed E-state index contributed by atoms with van der Waals surface area (Å²) >= 11 is 0. The van der Waals surface area contributed by atoms with Crippen LogP contribution < -0.4 is 5.56 Å². The molecule has 1 aromatic rings. The van der Waals surface area contributed by atoms with E-state index in [2.05, 4.69) is 4.98 Å². The number of nitrogens with one attached hydrogen (secondary N) is 1. The highest BCUT2D eigenvalue weighted by Crippen LogP contribution is 2.30. The molecule has 19 heavy (non-hydrogen) atoms. The average molecular weight is 264 g/mol. The van der Waals surface area contributed by atoms with Crippen LogP contribution in [0.1, 0.15) is 41.7 Å². The lowest BCUT2D eigenvalue weighted by atomic mass is 10.0. The second-order valence-electron chi connectivity index (χ2n) is 5.45. The number of likely N-dealkylation sites (N-methyl/N-ethyl adjacent to an activating group) is 1. The van der Waals surface area contributed by atoms with Crippen LogP contribution in [0.2, 0.25) is 0 Å². The molecule has 0 aliphatic heterocycles. The molecule has 1 aliphatic carbocycles. The van der Waals surface area contributed by atoms with Crippen molar-refractivity contribution >= 4 is 5.91 Å². The molecule has 1 saturated carbocycles. The first-order chi connectivity index (χ1) is 8.91. The molecule has 0 aromatic carbocycles. The van der Waals surface area contributed by atoms with Crippen molar-refractivity contribution in [1.29, 1.82) is 0 Å². The number of carbonyl (C=O) groups excluding carboxylic acids is 1. The van der Waals surface area contributed by atoms with Gasteiger partial charge in [-0.05, 0) is 25.8 Å². The lowest BCUT2D eigenvalue weighted by Crippen LogP contribution is -2.42. The molecular weight excluding hydrogens is 244 g/mol. The van der Waals surface area contributed by atoms with Crippen LogP contribution in [-0.2, 0) is 0 Å². The van der Waals surface area contributed by atoms with E-state index in [4.69, 9.17) is 0 Å². The number of pyridine rings is 1. The minimum Gasteiger partial charge on any atom is -0.388 e. The quantitative estimate of drug-likeness (QED) is 0.857. The first-order valence-electron chi connectivity index (χ1n) is 6.59. The average Bonchev–Trinajstić information content (AvgIpc) is 2.75. The third kappa shape index (κ3) is 3.04. The summed E-state index contributed by atoms with van der Waals surface area (Å²) in [6, 6.07) is 2.88. The van der Waals surface area contributed by atoms with Gasteiger partial charge in [0, 0.05) is 25.4 Å². The van der Waals surface area contributed by atoms with Gasteiger partial charge in [0.05, 0.1) is 11.2 Å². The van der Waals surface area contributed by atoms with Gasteiger partial charge >= 0.3 is 0 Å². The van der Waals surface area contributed by atoms with Crippen molar-refractivity contribution in [2.24, 2.45) is 0 Å². The maximum atomic E-state index is 12.3. The molecule has 0 atom stereocenters. The fourth-order valence-electron chi connectivity index (χ4n) is 2.72. The van der Waals surface area contributed by atoms with Crippen LogP contribution in [0.25, 0.3) is 0 Å². The molecule has 0 spiro atoms. The maximum Gasteiger partial charge on any atom is 0.255 e. The molecular formula is C14H20N2O3. The number of amides is 1. The van der Waals surface area contributed by atoms with E-state index in [1.165, 1.54) is 17.0 Å². The number of aromatic nitrogens is 1. The van der Waals surface area contributed by atoms with E-state index >= 15 is 0 Å². The number of hydrogen-bond acceptors (Lipinski definition) is 3. The van der Waals surface area contributed by atoms with Gasteiger partial charge in [0.1, 0.15) is 0 Å². The van der Waals surface area contributed by atoms with Crippen molar-refractivity contribution in [2.45, 2.75) is 38.2 Å². The first-order valence-corrected chi connectivity index (χ1v) is 6.59. The zero-order valence-electron chi connectivity index (χ0n) is 11.4. The molecule has 1 fully saturated rings. The fourth-order valence-corrected chi connectivity index (χ4v) is 2.72. The molecule has 5 nitrogen and oxygen atoms in total. The highest BCUT2D eigenvalue weighted by molar-refractivity contribution is 5.95. The summed E-state index contributed by atoms with van der Waals surface area (Å²) in [4.78, 5) is 27.6. The molecule has 2 N–H and O–H groups in total. The topological polar surface area (TPSA) is 73.4 Å². The molecule has 0 saturated heterocycles. The van der Waals surface area contributed by atoms with Gasteiger partial charge in [0.25, 0.3) is 5.91 Å². The Kier molecular flexibility index (Phi) is 3.75. The van der Waals surface area contributed by atoms with E-state index in [1.807, 2.05) is 0 Å². The summed E-state index contributed by atoms with van der Waals surface area (Å²) in [5.41, 5.74) is 0.0677. The number of aryl methyl sites for hydroxylation is 1. The molecule has 0 unspecified atom stereocenters. The van der Waals surface area contributed by atoms with Crippen molar-refractivity contribution in [3.05, 3.63) is 33.7 Å². The van der Waals surface area contributed by atoms with Crippen LogP contribution in [0.5, 0.6) is 0 Å². The van der Waals surface area contributed by atoms with Gasteiger partial charge in [-0.3, -0.25) is 9.59 Å². The number of aromatic amines is 1. The summed E-state index contributed by atoms with van der Waals surface area (Å²) in [7, 11) is 1.68. The van der Waals surface area contributed by atoms with Crippen LogP contribution in [0.3, 0.4) is 0 Å².